The Labute approximate surface area is 409 Å². The van der Waals surface area contributed by atoms with Gasteiger partial charge in [-0.2, -0.15) is 0 Å². The Hall–Kier alpha value is -6.81. The number of nitrogens with zero attached hydrogens (tertiary/aromatic N) is 2. The number of quaternary nitrogens is 1. The van der Waals surface area contributed by atoms with Gasteiger partial charge in [-0.15, -0.1) is 0 Å². The van der Waals surface area contributed by atoms with Crippen molar-refractivity contribution in [3.8, 4) is 0 Å². The summed E-state index contributed by atoms with van der Waals surface area (Å²) in [4.78, 5) is 45.3. The van der Waals surface area contributed by atoms with Crippen molar-refractivity contribution >= 4 is 57.3 Å². The number of hydrogen-bond acceptors (Lipinski definition) is 6. The van der Waals surface area contributed by atoms with Crippen LogP contribution in [-0.2, 0) is 14.4 Å². The van der Waals surface area contributed by atoms with Crippen LogP contribution in [0.25, 0.3) is 5.57 Å². The predicted octanol–water partition coefficient (Wildman–Crippen LogP) is 14.7. The number of ketones is 1. The van der Waals surface area contributed by atoms with Crippen LogP contribution >= 0.6 is 0 Å². The summed E-state index contributed by atoms with van der Waals surface area (Å²) >= 11 is 0. The van der Waals surface area contributed by atoms with Crippen LogP contribution < -0.4 is 20.2 Å². The SMILES string of the molecule is CCCCC(CC)C(=O)NC1=CC([N+]([O-])(c2ccc(C)cc2)c2ccc(C)cc2)C=C/C1=C1/C(=O)C(c2ccc(N(c3ccc(C)cc3)c3ccc(C)cc3)cc2NC(=O)C(CC)CCCC)=C1O. The third-order valence-electron chi connectivity index (χ3n) is 13.7. The highest BCUT2D eigenvalue weighted by molar-refractivity contribution is 6.40. The number of allylic oxidation sites excluding steroid dienone is 3. The van der Waals surface area contributed by atoms with Crippen LogP contribution in [0, 0.1) is 44.7 Å². The zero-order chi connectivity index (χ0) is 49.4. The van der Waals surface area contributed by atoms with E-state index in [-0.39, 0.29) is 46.3 Å². The fourth-order valence-electron chi connectivity index (χ4n) is 9.32. The highest BCUT2D eigenvalue weighted by atomic mass is 16.5. The summed E-state index contributed by atoms with van der Waals surface area (Å²) in [5.41, 5.74) is 9.27. The molecule has 3 N–H and O–H groups in total. The number of aryl methyl sites for hydroxylation is 4. The molecule has 0 saturated carbocycles. The Bertz CT molecular complexity index is 2690. The van der Waals surface area contributed by atoms with E-state index in [0.717, 1.165) is 71.4 Å². The fourth-order valence-corrected chi connectivity index (χ4v) is 9.32. The molecule has 7 rings (SSSR count). The third kappa shape index (κ3) is 10.8. The van der Waals surface area contributed by atoms with Crippen LogP contribution in [0.15, 0.2) is 156 Å². The number of benzene rings is 5. The lowest BCUT2D eigenvalue weighted by Gasteiger charge is -2.46. The van der Waals surface area contributed by atoms with Crippen molar-refractivity contribution in [1.29, 1.82) is 0 Å². The number of nitrogens with one attached hydrogen (secondary N) is 2. The van der Waals surface area contributed by atoms with E-state index in [9.17, 15) is 19.5 Å². The third-order valence-corrected chi connectivity index (χ3v) is 13.7. The maximum atomic E-state index is 15.7. The molecule has 0 spiro atoms. The van der Waals surface area contributed by atoms with Crippen LogP contribution in [0.2, 0.25) is 0 Å². The molecule has 5 aromatic carbocycles. The number of hydrogen-bond donors (Lipinski definition) is 3. The molecule has 3 unspecified atom stereocenters. The molecule has 9 nitrogen and oxygen atoms in total. The predicted molar refractivity (Wildman–Crippen MR) is 284 cm³/mol. The first-order chi connectivity index (χ1) is 33.2. The van der Waals surface area contributed by atoms with Gasteiger partial charge in [-0.05, 0) is 108 Å². The molecule has 2 aliphatic rings. The number of carbonyl (C=O) groups excluding carboxylic acids is 3. The van der Waals surface area contributed by atoms with Crippen molar-refractivity contribution in [1.82, 2.24) is 9.96 Å². The number of unbranched alkanes of at least 4 members (excludes halogenated alkanes) is 2. The van der Waals surface area contributed by atoms with Gasteiger partial charge in [-0.25, -0.2) is 0 Å². The lowest BCUT2D eigenvalue weighted by Crippen LogP contribution is -2.47. The molecule has 0 bridgehead atoms. The largest absolute Gasteiger partial charge is 0.621 e. The van der Waals surface area contributed by atoms with E-state index in [0.29, 0.717) is 47.5 Å². The van der Waals surface area contributed by atoms with Gasteiger partial charge in [0.2, 0.25) is 17.6 Å². The number of aliphatic hydroxyl groups is 1. The molecule has 9 heteroatoms. The summed E-state index contributed by atoms with van der Waals surface area (Å²) < 4.78 is -0.887. The van der Waals surface area contributed by atoms with Crippen molar-refractivity contribution in [2.45, 2.75) is 113 Å². The van der Waals surface area contributed by atoms with E-state index < -0.39 is 16.5 Å². The van der Waals surface area contributed by atoms with E-state index in [1.54, 1.807) is 24.3 Å². The molecule has 2 aliphatic carbocycles. The number of rotatable bonds is 19. The summed E-state index contributed by atoms with van der Waals surface area (Å²) in [7, 11) is 0. The average molecular weight is 925 g/mol. The minimum absolute atomic E-state index is 0.0270. The van der Waals surface area contributed by atoms with Gasteiger partial charge in [0, 0.05) is 70.4 Å². The van der Waals surface area contributed by atoms with Gasteiger partial charge < -0.3 is 25.8 Å². The topological polar surface area (TPSA) is 122 Å². The van der Waals surface area contributed by atoms with Gasteiger partial charge in [0.15, 0.2) is 0 Å². The fraction of sp³-hybridized carbons (Fsp3) is 0.317. The molecule has 0 heterocycles. The molecule has 2 amide bonds. The van der Waals surface area contributed by atoms with Crippen LogP contribution in [0.1, 0.15) is 107 Å². The molecule has 5 aromatic rings. The minimum atomic E-state index is -0.887. The van der Waals surface area contributed by atoms with E-state index in [4.69, 9.17) is 0 Å². The molecule has 0 aromatic heterocycles. The summed E-state index contributed by atoms with van der Waals surface area (Å²) in [6, 6.07) is 36.1. The number of hydroxylamine groups is 1. The zero-order valence-electron chi connectivity index (χ0n) is 41.6. The normalized spacial score (nSPS) is 16.7. The Morgan fingerprint density at radius 1 is 0.638 bits per heavy atom. The Morgan fingerprint density at radius 3 is 1.54 bits per heavy atom. The number of amides is 2. The van der Waals surface area contributed by atoms with Crippen LogP contribution in [0.5, 0.6) is 0 Å². The minimum Gasteiger partial charge on any atom is -0.621 e. The van der Waals surface area contributed by atoms with Crippen molar-refractivity contribution in [2.24, 2.45) is 11.8 Å². The van der Waals surface area contributed by atoms with E-state index in [1.807, 2.05) is 102 Å². The Morgan fingerprint density at radius 2 is 1.09 bits per heavy atom. The number of Topliss-reactive ketones (excluding diaryl/α,β-unsaturated/α-hetero) is 1. The second-order valence-electron chi connectivity index (χ2n) is 18.8. The van der Waals surface area contributed by atoms with Crippen molar-refractivity contribution in [3.05, 3.63) is 189 Å². The summed E-state index contributed by atoms with van der Waals surface area (Å²) in [5.74, 6) is -1.62. The van der Waals surface area contributed by atoms with Crippen LogP contribution in [-0.4, -0.2) is 28.7 Å². The number of carbonyl (C=O) groups is 3. The molecular formula is C60H68N4O5. The first-order valence-corrected chi connectivity index (χ1v) is 24.8. The Balaban J connectivity index is 1.38. The first-order valence-electron chi connectivity index (χ1n) is 24.8. The van der Waals surface area contributed by atoms with Gasteiger partial charge in [0.25, 0.3) is 0 Å². The van der Waals surface area contributed by atoms with Gasteiger partial charge in [0.05, 0.1) is 22.5 Å². The molecule has 69 heavy (non-hydrogen) atoms. The number of anilines is 4. The number of aliphatic hydroxyl groups excluding tert-OH is 1. The molecular weight excluding hydrogens is 857 g/mol. The summed E-state index contributed by atoms with van der Waals surface area (Å²) in [6.07, 6.45) is 11.5. The molecule has 0 radical (unpaired) electrons. The van der Waals surface area contributed by atoms with Gasteiger partial charge >= 0.3 is 0 Å². The zero-order valence-corrected chi connectivity index (χ0v) is 41.6. The van der Waals surface area contributed by atoms with Crippen LogP contribution in [0.3, 0.4) is 0 Å². The average Bonchev–Trinajstić information content (AvgIpc) is 3.34. The van der Waals surface area contributed by atoms with Gasteiger partial charge in [0.1, 0.15) is 23.2 Å². The van der Waals surface area contributed by atoms with Crippen LogP contribution in [0.4, 0.5) is 34.1 Å². The quantitative estimate of drug-likeness (QED) is 0.0431. The maximum Gasteiger partial charge on any atom is 0.227 e. The van der Waals surface area contributed by atoms with Gasteiger partial charge in [-0.3, -0.25) is 19.0 Å². The van der Waals surface area contributed by atoms with Crippen molar-refractivity contribution in [2.75, 3.05) is 10.2 Å². The highest BCUT2D eigenvalue weighted by Gasteiger charge is 2.42. The summed E-state index contributed by atoms with van der Waals surface area (Å²) in [6.45, 7) is 16.2. The second kappa shape index (κ2) is 22.1. The standard InChI is InChI=1S/C60H68N4O5/c1-9-13-15-43(11-3)59(67)61-53-37-47(63(45-25-17-39(5)18-26-45)46-27-19-40(6)20-28-46)29-35-51(53)55-57(65)56(58(55)66)52-36-34-50(38-54(52)62-60(68)44(12-4)16-14-10-2)64(69,48-30-21-41(7)22-31-48)49-32-23-42(8)24-33-49/h17-38,43-44,50,65H,9-16H2,1-8H3,(H,61,67)(H,62,68)/b56-52-. The van der Waals surface area contributed by atoms with E-state index in [2.05, 4.69) is 77.9 Å². The second-order valence-corrected chi connectivity index (χ2v) is 18.8. The molecule has 0 fully saturated rings. The molecule has 3 atom stereocenters. The van der Waals surface area contributed by atoms with Crippen molar-refractivity contribution in [3.63, 3.8) is 0 Å². The lowest BCUT2D eigenvalue weighted by atomic mass is 9.78. The lowest BCUT2D eigenvalue weighted by molar-refractivity contribution is -0.124. The maximum absolute atomic E-state index is 15.7. The van der Waals surface area contributed by atoms with E-state index in [1.165, 1.54) is 0 Å². The molecule has 0 saturated heterocycles. The Kier molecular flexibility index (Phi) is 16.0. The summed E-state index contributed by atoms with van der Waals surface area (Å²) in [5, 5.41) is 34.3. The highest BCUT2D eigenvalue weighted by Crippen LogP contribution is 2.47. The smallest absolute Gasteiger partial charge is 0.227 e. The first kappa shape index (κ1) is 50.1. The van der Waals surface area contributed by atoms with Gasteiger partial charge in [-0.1, -0.05) is 124 Å². The van der Waals surface area contributed by atoms with Crippen molar-refractivity contribution < 1.29 is 19.5 Å². The molecule has 0 aliphatic heterocycles. The van der Waals surface area contributed by atoms with E-state index >= 15 is 5.21 Å². The monoisotopic (exact) mass is 925 g/mol. The molecule has 358 valence electrons.